The SMILES string of the molecule is COc1ccc(C(O)C2([Si](C)(C)C)CC2c2ccccc2)cc1. The summed E-state index contributed by atoms with van der Waals surface area (Å²) in [7, 11) is 0.0994. The molecular formula is C20H26O2Si. The molecule has 3 heteroatoms. The molecule has 0 heterocycles. The van der Waals surface area contributed by atoms with E-state index in [1.54, 1.807) is 7.11 Å². The van der Waals surface area contributed by atoms with Crippen LogP contribution in [0.5, 0.6) is 5.75 Å². The molecule has 23 heavy (non-hydrogen) atoms. The van der Waals surface area contributed by atoms with Crippen molar-refractivity contribution in [2.24, 2.45) is 0 Å². The number of aliphatic hydroxyl groups excluding tert-OH is 1. The molecule has 0 aromatic heterocycles. The molecule has 2 nitrogen and oxygen atoms in total. The second kappa shape index (κ2) is 5.80. The monoisotopic (exact) mass is 326 g/mol. The zero-order chi connectivity index (χ0) is 16.7. The van der Waals surface area contributed by atoms with Crippen molar-refractivity contribution in [2.75, 3.05) is 7.11 Å². The molecule has 2 aromatic carbocycles. The minimum Gasteiger partial charge on any atom is -0.497 e. The summed E-state index contributed by atoms with van der Waals surface area (Å²) in [5.41, 5.74) is 2.37. The molecule has 1 aliphatic rings. The highest BCUT2D eigenvalue weighted by molar-refractivity contribution is 6.80. The molecule has 3 unspecified atom stereocenters. The van der Waals surface area contributed by atoms with Crippen molar-refractivity contribution in [1.29, 1.82) is 0 Å². The molecule has 0 bridgehead atoms. The summed E-state index contributed by atoms with van der Waals surface area (Å²) in [6.07, 6.45) is 0.671. The van der Waals surface area contributed by atoms with E-state index in [0.717, 1.165) is 17.7 Å². The second-order valence-corrected chi connectivity index (χ2v) is 13.1. The molecule has 3 atom stereocenters. The molecule has 1 N–H and O–H groups in total. The smallest absolute Gasteiger partial charge is 0.118 e. The fourth-order valence-electron chi connectivity index (χ4n) is 4.00. The quantitative estimate of drug-likeness (QED) is 0.784. The first-order valence-electron chi connectivity index (χ1n) is 8.27. The van der Waals surface area contributed by atoms with Crippen LogP contribution in [0.25, 0.3) is 0 Å². The van der Waals surface area contributed by atoms with Gasteiger partial charge in [-0.1, -0.05) is 62.1 Å². The van der Waals surface area contributed by atoms with Crippen molar-refractivity contribution in [2.45, 2.75) is 43.1 Å². The summed E-state index contributed by atoms with van der Waals surface area (Å²) in [6, 6.07) is 18.6. The van der Waals surface area contributed by atoms with Crippen LogP contribution in [-0.2, 0) is 0 Å². The van der Waals surface area contributed by atoms with Gasteiger partial charge in [-0.25, -0.2) is 0 Å². The van der Waals surface area contributed by atoms with E-state index in [1.165, 1.54) is 5.56 Å². The maximum absolute atomic E-state index is 11.2. The fraction of sp³-hybridized carbons (Fsp3) is 0.400. The lowest BCUT2D eigenvalue weighted by atomic mass is 10.0. The summed E-state index contributed by atoms with van der Waals surface area (Å²) in [5, 5.41) is 11.3. The molecule has 0 radical (unpaired) electrons. The number of benzene rings is 2. The number of aliphatic hydroxyl groups is 1. The molecule has 0 aliphatic heterocycles. The van der Waals surface area contributed by atoms with Crippen LogP contribution in [0.1, 0.15) is 29.6 Å². The van der Waals surface area contributed by atoms with E-state index in [2.05, 4.69) is 50.0 Å². The Morgan fingerprint density at radius 3 is 2.17 bits per heavy atom. The highest BCUT2D eigenvalue weighted by Crippen LogP contribution is 2.76. The summed E-state index contributed by atoms with van der Waals surface area (Å²) in [5.74, 6) is 1.30. The van der Waals surface area contributed by atoms with Crippen LogP contribution in [0.2, 0.25) is 24.7 Å². The van der Waals surface area contributed by atoms with Gasteiger partial charge in [0.1, 0.15) is 5.75 Å². The molecule has 122 valence electrons. The summed E-state index contributed by atoms with van der Waals surface area (Å²) in [6.45, 7) is 7.13. The molecule has 1 saturated carbocycles. The van der Waals surface area contributed by atoms with E-state index in [0.29, 0.717) is 5.92 Å². The first-order valence-corrected chi connectivity index (χ1v) is 11.8. The molecular weight excluding hydrogens is 300 g/mol. The van der Waals surface area contributed by atoms with Crippen LogP contribution in [0.3, 0.4) is 0 Å². The first-order chi connectivity index (χ1) is 10.9. The molecule has 1 fully saturated rings. The standard InChI is InChI=1S/C20H26O2Si/c1-22-17-12-10-16(11-13-17)19(21)20(23(2,3)4)14-18(20)15-8-6-5-7-9-15/h5-13,18-19,21H,14H2,1-4H3. The third kappa shape index (κ3) is 2.72. The maximum Gasteiger partial charge on any atom is 0.118 e. The van der Waals surface area contributed by atoms with Crippen molar-refractivity contribution >= 4 is 8.07 Å². The highest BCUT2D eigenvalue weighted by Gasteiger charge is 2.66. The van der Waals surface area contributed by atoms with Gasteiger partial charge in [0.15, 0.2) is 0 Å². The average molecular weight is 327 g/mol. The van der Waals surface area contributed by atoms with Gasteiger partial charge in [0.25, 0.3) is 0 Å². The van der Waals surface area contributed by atoms with Gasteiger partial charge in [-0.2, -0.15) is 0 Å². The molecule has 0 amide bonds. The average Bonchev–Trinajstić information content (AvgIpc) is 3.32. The van der Waals surface area contributed by atoms with Crippen molar-refractivity contribution in [3.05, 3.63) is 65.7 Å². The molecule has 1 aliphatic carbocycles. The third-order valence-corrected chi connectivity index (χ3v) is 9.14. The van der Waals surface area contributed by atoms with Gasteiger partial charge < -0.3 is 9.84 Å². The largest absolute Gasteiger partial charge is 0.497 e. The van der Waals surface area contributed by atoms with Crippen LogP contribution < -0.4 is 4.74 Å². The lowest BCUT2D eigenvalue weighted by molar-refractivity contribution is 0.154. The van der Waals surface area contributed by atoms with E-state index < -0.39 is 14.2 Å². The Bertz CT molecular complexity index is 660. The predicted molar refractivity (Wildman–Crippen MR) is 97.8 cm³/mol. The van der Waals surface area contributed by atoms with Crippen LogP contribution >= 0.6 is 0 Å². The topological polar surface area (TPSA) is 29.5 Å². The number of rotatable bonds is 5. The van der Waals surface area contributed by atoms with Crippen molar-refractivity contribution in [1.82, 2.24) is 0 Å². The highest BCUT2D eigenvalue weighted by atomic mass is 28.3. The number of methoxy groups -OCH3 is 1. The lowest BCUT2D eigenvalue weighted by Crippen LogP contribution is -2.35. The number of hydrogen-bond donors (Lipinski definition) is 1. The Labute approximate surface area is 140 Å². The van der Waals surface area contributed by atoms with E-state index in [1.807, 2.05) is 24.3 Å². The van der Waals surface area contributed by atoms with Crippen LogP contribution in [0.15, 0.2) is 54.6 Å². The Morgan fingerprint density at radius 2 is 1.65 bits per heavy atom. The van der Waals surface area contributed by atoms with Gasteiger partial charge >= 0.3 is 0 Å². The number of ether oxygens (including phenoxy) is 1. The zero-order valence-corrected chi connectivity index (χ0v) is 15.4. The molecule has 0 spiro atoms. The maximum atomic E-state index is 11.2. The van der Waals surface area contributed by atoms with Crippen LogP contribution in [-0.4, -0.2) is 20.3 Å². The normalized spacial score (nSPS) is 25.0. The van der Waals surface area contributed by atoms with Gasteiger partial charge in [-0.15, -0.1) is 0 Å². The number of hydrogen-bond acceptors (Lipinski definition) is 2. The van der Waals surface area contributed by atoms with Crippen molar-refractivity contribution < 1.29 is 9.84 Å². The minimum atomic E-state index is -1.57. The van der Waals surface area contributed by atoms with Crippen LogP contribution in [0.4, 0.5) is 0 Å². The van der Waals surface area contributed by atoms with Gasteiger partial charge in [-0.05, 0) is 35.6 Å². The Balaban J connectivity index is 1.95. The molecule has 3 rings (SSSR count). The third-order valence-electron chi connectivity index (χ3n) is 5.52. The Kier molecular flexibility index (Phi) is 4.11. The van der Waals surface area contributed by atoms with E-state index in [4.69, 9.17) is 4.74 Å². The first kappa shape index (κ1) is 16.3. The van der Waals surface area contributed by atoms with E-state index >= 15 is 0 Å². The van der Waals surface area contributed by atoms with E-state index in [-0.39, 0.29) is 5.04 Å². The van der Waals surface area contributed by atoms with Crippen LogP contribution in [0, 0.1) is 0 Å². The lowest BCUT2D eigenvalue weighted by Gasteiger charge is -2.35. The van der Waals surface area contributed by atoms with Crippen molar-refractivity contribution in [3.63, 3.8) is 0 Å². The van der Waals surface area contributed by atoms with E-state index in [9.17, 15) is 5.11 Å². The second-order valence-electron chi connectivity index (χ2n) is 7.63. The summed E-state index contributed by atoms with van der Waals surface area (Å²) in [4.78, 5) is 0. The minimum absolute atomic E-state index is 0.0168. The zero-order valence-electron chi connectivity index (χ0n) is 14.4. The van der Waals surface area contributed by atoms with Gasteiger partial charge in [0, 0.05) is 5.04 Å². The Hall–Kier alpha value is -1.58. The summed E-state index contributed by atoms with van der Waals surface area (Å²) < 4.78 is 5.23. The predicted octanol–water partition coefficient (Wildman–Crippen LogP) is 4.99. The molecule has 2 aromatic rings. The van der Waals surface area contributed by atoms with Gasteiger partial charge in [-0.3, -0.25) is 0 Å². The van der Waals surface area contributed by atoms with Gasteiger partial charge in [0.2, 0.25) is 0 Å². The fourth-order valence-corrected chi connectivity index (χ4v) is 7.02. The Morgan fingerprint density at radius 1 is 1.04 bits per heavy atom. The van der Waals surface area contributed by atoms with Gasteiger partial charge in [0.05, 0.1) is 21.3 Å². The molecule has 0 saturated heterocycles. The van der Waals surface area contributed by atoms with Crippen molar-refractivity contribution in [3.8, 4) is 5.75 Å². The summed E-state index contributed by atoms with van der Waals surface area (Å²) >= 11 is 0.